The van der Waals surface area contributed by atoms with E-state index in [4.69, 9.17) is 5.73 Å². The Bertz CT molecular complexity index is 607. The van der Waals surface area contributed by atoms with Gasteiger partial charge >= 0.3 is 0 Å². The molecule has 0 saturated heterocycles. The zero-order valence-corrected chi connectivity index (χ0v) is 11.6. The number of hydrogen-bond donors (Lipinski definition) is 1. The summed E-state index contributed by atoms with van der Waals surface area (Å²) >= 11 is 0. The van der Waals surface area contributed by atoms with Crippen molar-refractivity contribution < 1.29 is 0 Å². The van der Waals surface area contributed by atoms with Gasteiger partial charge in [-0.15, -0.1) is 0 Å². The highest BCUT2D eigenvalue weighted by atomic mass is 15.0. The molecular weight excluding hydrogens is 220 g/mol. The van der Waals surface area contributed by atoms with E-state index in [1.807, 2.05) is 0 Å². The summed E-state index contributed by atoms with van der Waals surface area (Å²) in [5.41, 5.74) is 13.1. The van der Waals surface area contributed by atoms with Crippen LogP contribution in [0, 0.1) is 19.8 Å². The van der Waals surface area contributed by atoms with Crippen molar-refractivity contribution in [3.8, 4) is 0 Å². The van der Waals surface area contributed by atoms with Gasteiger partial charge in [0.2, 0.25) is 0 Å². The summed E-state index contributed by atoms with van der Waals surface area (Å²) in [7, 11) is 2.21. The third-order valence-corrected chi connectivity index (χ3v) is 4.49. The molecule has 0 aliphatic heterocycles. The summed E-state index contributed by atoms with van der Waals surface area (Å²) in [6.07, 6.45) is 3.58. The highest BCUT2D eigenvalue weighted by molar-refractivity contribution is 5.89. The topological polar surface area (TPSA) is 30.9 Å². The highest BCUT2D eigenvalue weighted by Crippen LogP contribution is 2.35. The van der Waals surface area contributed by atoms with Gasteiger partial charge in [-0.3, -0.25) is 0 Å². The Morgan fingerprint density at radius 2 is 2.11 bits per heavy atom. The highest BCUT2D eigenvalue weighted by Gasteiger charge is 2.24. The summed E-state index contributed by atoms with van der Waals surface area (Å²) in [4.78, 5) is 0. The smallest absolute Gasteiger partial charge is 0.0488 e. The first kappa shape index (κ1) is 11.8. The summed E-state index contributed by atoms with van der Waals surface area (Å²) in [5, 5.41) is 1.48. The first-order valence-corrected chi connectivity index (χ1v) is 6.89. The Kier molecular flexibility index (Phi) is 2.70. The van der Waals surface area contributed by atoms with Crippen LogP contribution in [-0.2, 0) is 19.9 Å². The quantitative estimate of drug-likeness (QED) is 0.819. The van der Waals surface area contributed by atoms with Crippen LogP contribution in [0.3, 0.4) is 0 Å². The lowest BCUT2D eigenvalue weighted by Crippen LogP contribution is -2.22. The number of fused-ring (bicyclic) bond motifs is 3. The molecule has 1 aromatic carbocycles. The Morgan fingerprint density at radius 3 is 2.83 bits per heavy atom. The lowest BCUT2D eigenvalue weighted by molar-refractivity contribution is 0.462. The van der Waals surface area contributed by atoms with Crippen molar-refractivity contribution in [3.05, 3.63) is 34.5 Å². The van der Waals surface area contributed by atoms with E-state index < -0.39 is 0 Å². The average Bonchev–Trinajstić information content (AvgIpc) is 2.62. The summed E-state index contributed by atoms with van der Waals surface area (Å²) < 4.78 is 2.40. The molecule has 0 spiro atoms. The molecule has 1 heterocycles. The molecule has 2 heteroatoms. The Hall–Kier alpha value is -1.28. The zero-order valence-electron chi connectivity index (χ0n) is 11.6. The van der Waals surface area contributed by atoms with Crippen LogP contribution in [0.1, 0.15) is 28.8 Å². The van der Waals surface area contributed by atoms with Crippen LogP contribution in [0.5, 0.6) is 0 Å². The van der Waals surface area contributed by atoms with E-state index >= 15 is 0 Å². The predicted molar refractivity (Wildman–Crippen MR) is 77.0 cm³/mol. The predicted octanol–water partition coefficient (Wildman–Crippen LogP) is 2.86. The largest absolute Gasteiger partial charge is 0.347 e. The van der Waals surface area contributed by atoms with Crippen molar-refractivity contribution in [2.75, 3.05) is 6.54 Å². The van der Waals surface area contributed by atoms with Crippen LogP contribution < -0.4 is 5.73 Å². The van der Waals surface area contributed by atoms with E-state index in [-0.39, 0.29) is 0 Å². The average molecular weight is 242 g/mol. The molecule has 1 atom stereocenters. The first-order valence-electron chi connectivity index (χ1n) is 6.89. The van der Waals surface area contributed by atoms with Crippen molar-refractivity contribution in [2.45, 2.75) is 33.1 Å². The molecule has 2 aromatic rings. The number of nitrogens with two attached hydrogens (primary N) is 1. The molecule has 2 nitrogen and oxygen atoms in total. The molecule has 3 rings (SSSR count). The fourth-order valence-corrected chi connectivity index (χ4v) is 3.57. The molecule has 1 unspecified atom stereocenters. The molecule has 0 radical (unpaired) electrons. The molecule has 0 bridgehead atoms. The van der Waals surface area contributed by atoms with E-state index in [0.29, 0.717) is 5.92 Å². The molecule has 2 N–H and O–H groups in total. The second-order valence-electron chi connectivity index (χ2n) is 5.80. The molecule has 1 aromatic heterocycles. The number of rotatable bonds is 1. The SMILES string of the molecule is Cc1cc(C)c2c3c(n(C)c2c1)CCC(CN)C3. The van der Waals surface area contributed by atoms with E-state index in [2.05, 4.69) is 37.6 Å². The van der Waals surface area contributed by atoms with E-state index in [9.17, 15) is 0 Å². The maximum absolute atomic E-state index is 5.87. The lowest BCUT2D eigenvalue weighted by Gasteiger charge is -2.22. The summed E-state index contributed by atoms with van der Waals surface area (Å²) in [5.74, 6) is 0.670. The maximum Gasteiger partial charge on any atom is 0.0488 e. The second-order valence-corrected chi connectivity index (χ2v) is 5.80. The third kappa shape index (κ3) is 1.59. The molecule has 0 fully saturated rings. The third-order valence-electron chi connectivity index (χ3n) is 4.49. The van der Waals surface area contributed by atoms with Gasteiger partial charge in [-0.05, 0) is 68.3 Å². The number of aryl methyl sites for hydroxylation is 3. The van der Waals surface area contributed by atoms with Crippen molar-refractivity contribution in [2.24, 2.45) is 18.7 Å². The van der Waals surface area contributed by atoms with Crippen molar-refractivity contribution >= 4 is 10.9 Å². The molecule has 96 valence electrons. The molecule has 0 saturated carbocycles. The minimum Gasteiger partial charge on any atom is -0.347 e. The Labute approximate surface area is 109 Å². The number of benzene rings is 1. The maximum atomic E-state index is 5.87. The van der Waals surface area contributed by atoms with Gasteiger partial charge in [0.15, 0.2) is 0 Å². The molecule has 0 amide bonds. The van der Waals surface area contributed by atoms with Gasteiger partial charge in [0, 0.05) is 23.6 Å². The monoisotopic (exact) mass is 242 g/mol. The van der Waals surface area contributed by atoms with Gasteiger partial charge in [0.1, 0.15) is 0 Å². The minimum absolute atomic E-state index is 0.670. The Morgan fingerprint density at radius 1 is 1.33 bits per heavy atom. The van der Waals surface area contributed by atoms with Crippen LogP contribution >= 0.6 is 0 Å². The van der Waals surface area contributed by atoms with Crippen LogP contribution in [0.25, 0.3) is 10.9 Å². The van der Waals surface area contributed by atoms with Gasteiger partial charge < -0.3 is 10.3 Å². The standard InChI is InChI=1S/C16H22N2/c1-10-6-11(2)16-13-8-12(9-17)4-5-14(13)18(3)15(16)7-10/h6-7,12H,4-5,8-9,17H2,1-3H3. The van der Waals surface area contributed by atoms with Crippen molar-refractivity contribution in [1.29, 1.82) is 0 Å². The van der Waals surface area contributed by atoms with Crippen LogP contribution in [0.4, 0.5) is 0 Å². The summed E-state index contributed by atoms with van der Waals surface area (Å²) in [6.45, 7) is 5.24. The van der Waals surface area contributed by atoms with Crippen molar-refractivity contribution in [3.63, 3.8) is 0 Å². The fraction of sp³-hybridized carbons (Fsp3) is 0.500. The number of nitrogens with zero attached hydrogens (tertiary/aromatic N) is 1. The van der Waals surface area contributed by atoms with Gasteiger partial charge in [0.25, 0.3) is 0 Å². The summed E-state index contributed by atoms with van der Waals surface area (Å²) in [6, 6.07) is 4.62. The molecular formula is C16H22N2. The van der Waals surface area contributed by atoms with Crippen LogP contribution in [-0.4, -0.2) is 11.1 Å². The van der Waals surface area contributed by atoms with E-state index in [1.165, 1.54) is 40.6 Å². The van der Waals surface area contributed by atoms with E-state index in [1.54, 1.807) is 5.56 Å². The van der Waals surface area contributed by atoms with E-state index in [0.717, 1.165) is 13.0 Å². The second kappa shape index (κ2) is 4.13. The molecule has 18 heavy (non-hydrogen) atoms. The number of aromatic nitrogens is 1. The van der Waals surface area contributed by atoms with Gasteiger partial charge in [0.05, 0.1) is 0 Å². The van der Waals surface area contributed by atoms with Crippen molar-refractivity contribution in [1.82, 2.24) is 4.57 Å². The normalized spacial score (nSPS) is 19.2. The molecule has 1 aliphatic rings. The number of hydrogen-bond acceptors (Lipinski definition) is 1. The minimum atomic E-state index is 0.670. The van der Waals surface area contributed by atoms with Crippen LogP contribution in [0.15, 0.2) is 12.1 Å². The first-order chi connectivity index (χ1) is 8.61. The fourth-order valence-electron chi connectivity index (χ4n) is 3.57. The Balaban J connectivity index is 2.29. The zero-order chi connectivity index (χ0) is 12.9. The van der Waals surface area contributed by atoms with Crippen LogP contribution in [0.2, 0.25) is 0 Å². The van der Waals surface area contributed by atoms with Gasteiger partial charge in [-0.1, -0.05) is 6.07 Å². The lowest BCUT2D eigenvalue weighted by atomic mass is 9.85. The molecule has 1 aliphatic carbocycles. The van der Waals surface area contributed by atoms with Gasteiger partial charge in [-0.25, -0.2) is 0 Å². The van der Waals surface area contributed by atoms with Gasteiger partial charge in [-0.2, -0.15) is 0 Å².